The van der Waals surface area contributed by atoms with E-state index in [4.69, 9.17) is 0 Å². The molecule has 0 aromatic rings. The van der Waals surface area contributed by atoms with Crippen LogP contribution in [0.2, 0.25) is 0 Å². The molecule has 0 bridgehead atoms. The molecule has 0 aromatic carbocycles. The molecule has 2 fully saturated rings. The fraction of sp³-hybridized carbons (Fsp3) is 0.867. The third-order valence-electron chi connectivity index (χ3n) is 4.62. The van der Waals surface area contributed by atoms with Crippen LogP contribution in [0.15, 0.2) is 11.6 Å². The molecule has 0 unspecified atom stereocenters. The SMILES string of the molecule is OC1CCC(C2CCC(=CCCF)CC2)CC1. The minimum atomic E-state index is -0.215. The van der Waals surface area contributed by atoms with Gasteiger partial charge >= 0.3 is 0 Å². The number of aliphatic hydroxyl groups excluding tert-OH is 1. The van der Waals surface area contributed by atoms with Crippen LogP contribution >= 0.6 is 0 Å². The maximum absolute atomic E-state index is 12.1. The number of allylic oxidation sites excluding steroid dienone is 2. The normalized spacial score (nSPS) is 34.7. The molecule has 2 heteroatoms. The van der Waals surface area contributed by atoms with Crippen LogP contribution in [0.25, 0.3) is 0 Å². The zero-order chi connectivity index (χ0) is 12.1. The van der Waals surface area contributed by atoms with Gasteiger partial charge in [-0.3, -0.25) is 4.39 Å². The second-order valence-electron chi connectivity index (χ2n) is 5.75. The third kappa shape index (κ3) is 3.80. The van der Waals surface area contributed by atoms with Gasteiger partial charge in [-0.25, -0.2) is 0 Å². The lowest BCUT2D eigenvalue weighted by Gasteiger charge is -2.35. The van der Waals surface area contributed by atoms with Crippen molar-refractivity contribution in [2.24, 2.45) is 11.8 Å². The molecule has 2 saturated carbocycles. The van der Waals surface area contributed by atoms with Gasteiger partial charge in [0.05, 0.1) is 12.8 Å². The summed E-state index contributed by atoms with van der Waals surface area (Å²) in [6.07, 6.45) is 12.1. The van der Waals surface area contributed by atoms with E-state index in [9.17, 15) is 9.50 Å². The van der Waals surface area contributed by atoms with Gasteiger partial charge in [0.15, 0.2) is 0 Å². The summed E-state index contributed by atoms with van der Waals surface area (Å²) in [5, 5.41) is 9.52. The molecule has 0 aliphatic heterocycles. The molecule has 98 valence electrons. The van der Waals surface area contributed by atoms with Crippen LogP contribution < -0.4 is 0 Å². The van der Waals surface area contributed by atoms with E-state index in [2.05, 4.69) is 6.08 Å². The number of rotatable bonds is 3. The van der Waals surface area contributed by atoms with Crippen molar-refractivity contribution in [3.8, 4) is 0 Å². The summed E-state index contributed by atoms with van der Waals surface area (Å²) >= 11 is 0. The van der Waals surface area contributed by atoms with E-state index in [0.29, 0.717) is 6.42 Å². The van der Waals surface area contributed by atoms with Gasteiger partial charge in [0.25, 0.3) is 0 Å². The van der Waals surface area contributed by atoms with Crippen molar-refractivity contribution in [3.63, 3.8) is 0 Å². The van der Waals surface area contributed by atoms with Crippen molar-refractivity contribution >= 4 is 0 Å². The van der Waals surface area contributed by atoms with Crippen molar-refractivity contribution in [2.45, 2.75) is 63.9 Å². The Morgan fingerprint density at radius 1 is 1.00 bits per heavy atom. The van der Waals surface area contributed by atoms with Gasteiger partial charge in [-0.15, -0.1) is 0 Å². The molecule has 0 radical (unpaired) electrons. The lowest BCUT2D eigenvalue weighted by atomic mass is 9.72. The van der Waals surface area contributed by atoms with E-state index in [0.717, 1.165) is 24.7 Å². The van der Waals surface area contributed by atoms with Gasteiger partial charge in [0, 0.05) is 0 Å². The van der Waals surface area contributed by atoms with Gasteiger partial charge in [-0.1, -0.05) is 11.6 Å². The van der Waals surface area contributed by atoms with Crippen molar-refractivity contribution < 1.29 is 9.50 Å². The number of aliphatic hydroxyl groups is 1. The number of hydrogen-bond donors (Lipinski definition) is 1. The van der Waals surface area contributed by atoms with E-state index >= 15 is 0 Å². The van der Waals surface area contributed by atoms with Crippen molar-refractivity contribution in [1.29, 1.82) is 0 Å². The molecule has 0 heterocycles. The topological polar surface area (TPSA) is 20.2 Å². The summed E-state index contributed by atoms with van der Waals surface area (Å²) in [6.45, 7) is -0.215. The van der Waals surface area contributed by atoms with Gasteiger partial charge in [0.1, 0.15) is 0 Å². The monoisotopic (exact) mass is 240 g/mol. The molecule has 1 nitrogen and oxygen atoms in total. The Hall–Kier alpha value is -0.370. The van der Waals surface area contributed by atoms with Crippen molar-refractivity contribution in [1.82, 2.24) is 0 Å². The Bertz CT molecular complexity index is 244. The predicted molar refractivity (Wildman–Crippen MR) is 68.6 cm³/mol. The van der Waals surface area contributed by atoms with Gasteiger partial charge in [-0.05, 0) is 69.6 Å². The van der Waals surface area contributed by atoms with Crippen LogP contribution in [0.5, 0.6) is 0 Å². The maximum atomic E-state index is 12.1. The van der Waals surface area contributed by atoms with Gasteiger partial charge in [-0.2, -0.15) is 0 Å². The summed E-state index contributed by atoms with van der Waals surface area (Å²) < 4.78 is 12.1. The minimum absolute atomic E-state index is 0.0325. The highest BCUT2D eigenvalue weighted by Gasteiger charge is 2.28. The number of alkyl halides is 1. The van der Waals surface area contributed by atoms with E-state index in [1.54, 1.807) is 0 Å². The second kappa shape index (κ2) is 6.53. The Kier molecular flexibility index (Phi) is 5.02. The highest BCUT2D eigenvalue weighted by atomic mass is 19.1. The molecule has 1 N–H and O–H groups in total. The largest absolute Gasteiger partial charge is 0.393 e. The zero-order valence-electron chi connectivity index (χ0n) is 10.7. The van der Waals surface area contributed by atoms with E-state index in [1.807, 2.05) is 0 Å². The molecule has 0 saturated heterocycles. The molecule has 0 aromatic heterocycles. The third-order valence-corrected chi connectivity index (χ3v) is 4.62. The first kappa shape index (κ1) is 13.1. The maximum Gasteiger partial charge on any atom is 0.0928 e. The Morgan fingerprint density at radius 3 is 2.18 bits per heavy atom. The predicted octanol–water partition coefficient (Wildman–Crippen LogP) is 4.01. The molecule has 17 heavy (non-hydrogen) atoms. The first-order valence-corrected chi connectivity index (χ1v) is 7.21. The lowest BCUT2D eigenvalue weighted by Crippen LogP contribution is -2.25. The first-order chi connectivity index (χ1) is 8.29. The second-order valence-corrected chi connectivity index (χ2v) is 5.75. The quantitative estimate of drug-likeness (QED) is 0.739. The number of halogens is 1. The standard InChI is InChI=1S/C15H25FO/c16-11-1-2-12-3-5-13(6-4-12)14-7-9-15(17)10-8-14/h2,13-15,17H,1,3-11H2. The lowest BCUT2D eigenvalue weighted by molar-refractivity contribution is 0.0849. The minimum Gasteiger partial charge on any atom is -0.393 e. The van der Waals surface area contributed by atoms with E-state index in [-0.39, 0.29) is 12.8 Å². The Balaban J connectivity index is 1.75. The molecule has 0 spiro atoms. The van der Waals surface area contributed by atoms with Gasteiger partial charge < -0.3 is 5.11 Å². The van der Waals surface area contributed by atoms with Crippen LogP contribution in [0.3, 0.4) is 0 Å². The Labute approximate surface area is 104 Å². The van der Waals surface area contributed by atoms with Crippen LogP contribution in [0, 0.1) is 11.8 Å². The summed E-state index contributed by atoms with van der Waals surface area (Å²) in [6, 6.07) is 0. The molecule has 2 aliphatic carbocycles. The summed E-state index contributed by atoms with van der Waals surface area (Å²) in [5.74, 6) is 1.71. The summed E-state index contributed by atoms with van der Waals surface area (Å²) in [5.41, 5.74) is 1.48. The first-order valence-electron chi connectivity index (χ1n) is 7.21. The van der Waals surface area contributed by atoms with Crippen molar-refractivity contribution in [2.75, 3.05) is 6.67 Å². The van der Waals surface area contributed by atoms with Crippen LogP contribution in [-0.2, 0) is 0 Å². The smallest absolute Gasteiger partial charge is 0.0928 e. The van der Waals surface area contributed by atoms with E-state index in [1.165, 1.54) is 44.1 Å². The fourth-order valence-corrected chi connectivity index (χ4v) is 3.52. The fourth-order valence-electron chi connectivity index (χ4n) is 3.52. The molecule has 2 aliphatic rings. The molecular weight excluding hydrogens is 215 g/mol. The van der Waals surface area contributed by atoms with Crippen LogP contribution in [0.4, 0.5) is 4.39 Å². The average molecular weight is 240 g/mol. The summed E-state index contributed by atoms with van der Waals surface area (Å²) in [4.78, 5) is 0. The van der Waals surface area contributed by atoms with Crippen LogP contribution in [0.1, 0.15) is 57.8 Å². The number of hydrogen-bond acceptors (Lipinski definition) is 1. The summed E-state index contributed by atoms with van der Waals surface area (Å²) in [7, 11) is 0. The zero-order valence-corrected chi connectivity index (χ0v) is 10.7. The van der Waals surface area contributed by atoms with E-state index < -0.39 is 0 Å². The highest BCUT2D eigenvalue weighted by molar-refractivity contribution is 5.05. The molecule has 0 amide bonds. The van der Waals surface area contributed by atoms with Crippen molar-refractivity contribution in [3.05, 3.63) is 11.6 Å². The van der Waals surface area contributed by atoms with Crippen LogP contribution in [-0.4, -0.2) is 17.9 Å². The van der Waals surface area contributed by atoms with Gasteiger partial charge in [0.2, 0.25) is 0 Å². The average Bonchev–Trinajstić information content (AvgIpc) is 2.38. The molecule has 2 rings (SSSR count). The highest BCUT2D eigenvalue weighted by Crippen LogP contribution is 2.39. The molecular formula is C15H25FO. The molecule has 0 atom stereocenters. The Morgan fingerprint density at radius 2 is 1.59 bits per heavy atom.